The highest BCUT2D eigenvalue weighted by molar-refractivity contribution is 5.94. The first-order valence-corrected chi connectivity index (χ1v) is 8.33. The van der Waals surface area contributed by atoms with Gasteiger partial charge in [-0.1, -0.05) is 6.07 Å². The number of fused-ring (bicyclic) bond motifs is 1. The minimum Gasteiger partial charge on any atom is -0.338 e. The van der Waals surface area contributed by atoms with E-state index in [0.29, 0.717) is 5.92 Å². The van der Waals surface area contributed by atoms with Gasteiger partial charge in [-0.25, -0.2) is 0 Å². The van der Waals surface area contributed by atoms with Gasteiger partial charge >= 0.3 is 0 Å². The van der Waals surface area contributed by atoms with Gasteiger partial charge in [0.1, 0.15) is 0 Å². The van der Waals surface area contributed by atoms with E-state index in [1.807, 2.05) is 13.1 Å². The molecule has 1 amide bonds. The van der Waals surface area contributed by atoms with Crippen molar-refractivity contribution in [1.82, 2.24) is 10.2 Å². The van der Waals surface area contributed by atoms with Gasteiger partial charge in [0, 0.05) is 18.7 Å². The lowest BCUT2D eigenvalue weighted by Crippen LogP contribution is -2.42. The van der Waals surface area contributed by atoms with E-state index in [-0.39, 0.29) is 18.3 Å². The second kappa shape index (κ2) is 7.98. The average molecular weight is 323 g/mol. The van der Waals surface area contributed by atoms with Crippen LogP contribution in [0.2, 0.25) is 0 Å². The van der Waals surface area contributed by atoms with Crippen molar-refractivity contribution < 1.29 is 4.79 Å². The van der Waals surface area contributed by atoms with Gasteiger partial charge < -0.3 is 10.2 Å². The summed E-state index contributed by atoms with van der Waals surface area (Å²) in [5, 5.41) is 3.24. The number of piperidine rings is 1. The zero-order valence-electron chi connectivity index (χ0n) is 13.4. The molecule has 22 heavy (non-hydrogen) atoms. The molecule has 1 aromatic carbocycles. The second-order valence-corrected chi connectivity index (χ2v) is 6.51. The number of hydrogen-bond donors (Lipinski definition) is 1. The van der Waals surface area contributed by atoms with Gasteiger partial charge in [0.05, 0.1) is 0 Å². The first-order chi connectivity index (χ1) is 10.3. The molecule has 0 bridgehead atoms. The van der Waals surface area contributed by atoms with Crippen LogP contribution in [0.25, 0.3) is 0 Å². The van der Waals surface area contributed by atoms with Crippen molar-refractivity contribution in [3.8, 4) is 0 Å². The molecule has 1 aliphatic heterocycles. The maximum Gasteiger partial charge on any atom is 0.253 e. The fourth-order valence-electron chi connectivity index (χ4n) is 3.75. The number of carbonyl (C=O) groups is 1. The highest BCUT2D eigenvalue weighted by Gasteiger charge is 2.24. The first kappa shape index (κ1) is 17.3. The van der Waals surface area contributed by atoms with Crippen molar-refractivity contribution in [3.63, 3.8) is 0 Å². The lowest BCUT2D eigenvalue weighted by atomic mass is 9.90. The van der Waals surface area contributed by atoms with Gasteiger partial charge in [-0.15, -0.1) is 12.4 Å². The maximum atomic E-state index is 12.7. The molecule has 0 saturated carbocycles. The predicted octanol–water partition coefficient (Wildman–Crippen LogP) is 3.06. The Morgan fingerprint density at radius 3 is 2.77 bits per heavy atom. The topological polar surface area (TPSA) is 32.3 Å². The molecule has 122 valence electrons. The molecule has 0 spiro atoms. The molecule has 1 heterocycles. The van der Waals surface area contributed by atoms with Crippen LogP contribution in [0, 0.1) is 5.92 Å². The van der Waals surface area contributed by atoms with Crippen LogP contribution in [0.15, 0.2) is 18.2 Å². The second-order valence-electron chi connectivity index (χ2n) is 6.51. The monoisotopic (exact) mass is 322 g/mol. The maximum absolute atomic E-state index is 12.7. The van der Waals surface area contributed by atoms with E-state index in [0.717, 1.165) is 38.0 Å². The van der Waals surface area contributed by atoms with E-state index in [1.54, 1.807) is 0 Å². The molecule has 1 fully saturated rings. The molecule has 2 aliphatic rings. The van der Waals surface area contributed by atoms with Gasteiger partial charge in [0.2, 0.25) is 0 Å². The Morgan fingerprint density at radius 2 is 2.00 bits per heavy atom. The first-order valence-electron chi connectivity index (χ1n) is 8.33. The molecular weight excluding hydrogens is 296 g/mol. The fraction of sp³-hybridized carbons (Fsp3) is 0.611. The van der Waals surface area contributed by atoms with E-state index in [2.05, 4.69) is 22.3 Å². The third-order valence-corrected chi connectivity index (χ3v) is 4.89. The summed E-state index contributed by atoms with van der Waals surface area (Å²) in [5.74, 6) is 0.828. The number of benzene rings is 1. The average Bonchev–Trinajstić information content (AvgIpc) is 2.54. The number of aryl methyl sites for hydroxylation is 2. The molecule has 1 aliphatic carbocycles. The smallest absolute Gasteiger partial charge is 0.253 e. The molecule has 1 unspecified atom stereocenters. The normalized spacial score (nSPS) is 21.0. The summed E-state index contributed by atoms with van der Waals surface area (Å²) in [6, 6.07) is 6.36. The van der Waals surface area contributed by atoms with Gasteiger partial charge in [-0.3, -0.25) is 4.79 Å². The van der Waals surface area contributed by atoms with Crippen LogP contribution in [-0.2, 0) is 12.8 Å². The van der Waals surface area contributed by atoms with Crippen LogP contribution in [-0.4, -0.2) is 37.5 Å². The number of carbonyl (C=O) groups excluding carboxylic acids is 1. The van der Waals surface area contributed by atoms with Gasteiger partial charge in [-0.05, 0) is 81.3 Å². The van der Waals surface area contributed by atoms with E-state index < -0.39 is 0 Å². The van der Waals surface area contributed by atoms with E-state index in [9.17, 15) is 4.79 Å². The predicted molar refractivity (Wildman–Crippen MR) is 92.9 cm³/mol. The van der Waals surface area contributed by atoms with Crippen LogP contribution in [0.1, 0.15) is 47.2 Å². The van der Waals surface area contributed by atoms with Crippen LogP contribution in [0.5, 0.6) is 0 Å². The molecular formula is C18H27ClN2O. The van der Waals surface area contributed by atoms with E-state index in [4.69, 9.17) is 0 Å². The summed E-state index contributed by atoms with van der Waals surface area (Å²) in [5.41, 5.74) is 3.74. The van der Waals surface area contributed by atoms with Gasteiger partial charge in [0.15, 0.2) is 0 Å². The summed E-state index contributed by atoms with van der Waals surface area (Å²) in [4.78, 5) is 14.8. The van der Waals surface area contributed by atoms with E-state index in [1.165, 1.54) is 36.8 Å². The van der Waals surface area contributed by atoms with Crippen LogP contribution < -0.4 is 5.32 Å². The highest BCUT2D eigenvalue weighted by Crippen LogP contribution is 2.24. The molecule has 0 radical (unpaired) electrons. The summed E-state index contributed by atoms with van der Waals surface area (Å²) < 4.78 is 0. The summed E-state index contributed by atoms with van der Waals surface area (Å²) in [6.45, 7) is 2.82. The Labute approximate surface area is 139 Å². The third-order valence-electron chi connectivity index (χ3n) is 4.89. The minimum absolute atomic E-state index is 0. The van der Waals surface area contributed by atoms with Crippen molar-refractivity contribution in [2.45, 2.75) is 38.5 Å². The summed E-state index contributed by atoms with van der Waals surface area (Å²) >= 11 is 0. The number of amides is 1. The summed E-state index contributed by atoms with van der Waals surface area (Å²) in [6.07, 6.45) is 7.23. The van der Waals surface area contributed by atoms with Crippen LogP contribution in [0.4, 0.5) is 0 Å². The number of hydrogen-bond acceptors (Lipinski definition) is 2. The molecule has 4 heteroatoms. The van der Waals surface area contributed by atoms with Crippen molar-refractivity contribution in [2.24, 2.45) is 5.92 Å². The Morgan fingerprint density at radius 1 is 1.23 bits per heavy atom. The fourth-order valence-corrected chi connectivity index (χ4v) is 3.75. The van der Waals surface area contributed by atoms with Crippen LogP contribution in [0.3, 0.4) is 0 Å². The third kappa shape index (κ3) is 3.82. The number of halogens is 1. The Bertz CT molecular complexity index is 516. The number of nitrogens with one attached hydrogen (secondary N) is 1. The number of rotatable bonds is 3. The lowest BCUT2D eigenvalue weighted by molar-refractivity contribution is 0.0674. The number of likely N-dealkylation sites (tertiary alicyclic amines) is 1. The van der Waals surface area contributed by atoms with Crippen molar-refractivity contribution >= 4 is 18.3 Å². The van der Waals surface area contributed by atoms with Gasteiger partial charge in [0.25, 0.3) is 5.91 Å². The minimum atomic E-state index is 0. The zero-order chi connectivity index (χ0) is 14.7. The Balaban J connectivity index is 0.00000176. The number of nitrogens with zero attached hydrogens (tertiary/aromatic N) is 1. The SMILES string of the molecule is CNCC1CCCN(C(=O)c2ccc3c(c2)CCCC3)C1.Cl. The molecule has 1 N–H and O–H groups in total. The lowest BCUT2D eigenvalue weighted by Gasteiger charge is -2.33. The molecule has 1 aromatic rings. The molecule has 3 rings (SSSR count). The van der Waals surface area contributed by atoms with Crippen LogP contribution >= 0.6 is 12.4 Å². The van der Waals surface area contributed by atoms with Crippen molar-refractivity contribution in [1.29, 1.82) is 0 Å². The molecule has 1 atom stereocenters. The zero-order valence-corrected chi connectivity index (χ0v) is 14.3. The molecule has 3 nitrogen and oxygen atoms in total. The standard InChI is InChI=1S/C18H26N2O.ClH/c1-19-12-14-5-4-10-20(13-14)18(21)17-9-8-15-6-2-3-7-16(15)11-17;/h8-9,11,14,19H,2-7,10,12-13H2,1H3;1H. The van der Waals surface area contributed by atoms with Crippen molar-refractivity contribution in [3.05, 3.63) is 34.9 Å². The Hall–Kier alpha value is -1.06. The van der Waals surface area contributed by atoms with E-state index >= 15 is 0 Å². The highest BCUT2D eigenvalue weighted by atomic mass is 35.5. The molecule has 1 saturated heterocycles. The quantitative estimate of drug-likeness (QED) is 0.927. The van der Waals surface area contributed by atoms with Gasteiger partial charge in [-0.2, -0.15) is 0 Å². The van der Waals surface area contributed by atoms with Crippen molar-refractivity contribution in [2.75, 3.05) is 26.7 Å². The largest absolute Gasteiger partial charge is 0.338 e. The summed E-state index contributed by atoms with van der Waals surface area (Å²) in [7, 11) is 1.99. The molecule has 0 aromatic heterocycles. The Kier molecular flexibility index (Phi) is 6.27.